The number of nitro groups is 1. The third kappa shape index (κ3) is 7.06. The van der Waals surface area contributed by atoms with Crippen molar-refractivity contribution in [2.24, 2.45) is 5.92 Å². The van der Waals surface area contributed by atoms with Crippen molar-refractivity contribution in [1.82, 2.24) is 24.7 Å². The van der Waals surface area contributed by atoms with Gasteiger partial charge in [0.2, 0.25) is 5.82 Å². The van der Waals surface area contributed by atoms with Crippen molar-refractivity contribution in [2.45, 2.75) is 63.3 Å². The van der Waals surface area contributed by atoms with Gasteiger partial charge in [-0.2, -0.15) is 0 Å². The van der Waals surface area contributed by atoms with Crippen LogP contribution < -0.4 is 14.8 Å². The lowest BCUT2D eigenvalue weighted by Gasteiger charge is -2.41. The number of nitrogens with one attached hydrogen (secondary N) is 1. The summed E-state index contributed by atoms with van der Waals surface area (Å²) in [6.45, 7) is 4.26. The minimum atomic E-state index is -1.04. The highest BCUT2D eigenvalue weighted by Crippen LogP contribution is 2.56. The number of carbonyl (C=O) groups is 4. The Labute approximate surface area is 270 Å². The molecule has 2 amide bonds. The van der Waals surface area contributed by atoms with Crippen LogP contribution in [0.15, 0.2) is 31.0 Å². The molecule has 47 heavy (non-hydrogen) atoms. The number of carboxylic acids is 1. The first kappa shape index (κ1) is 33.4. The van der Waals surface area contributed by atoms with Crippen LogP contribution in [0, 0.1) is 16.0 Å². The van der Waals surface area contributed by atoms with Gasteiger partial charge in [0.05, 0.1) is 6.54 Å². The molecule has 0 bridgehead atoms. The molecule has 5 rings (SSSR count). The molecule has 252 valence electrons. The number of carbonyl (C=O) groups excluding carboxylic acids is 3. The number of amides is 2. The Morgan fingerprint density at radius 1 is 1.26 bits per heavy atom. The predicted molar refractivity (Wildman–Crippen MR) is 164 cm³/mol. The second-order valence-electron chi connectivity index (χ2n) is 11.9. The number of benzene rings is 1. The van der Waals surface area contributed by atoms with Crippen LogP contribution in [0.4, 0.5) is 15.4 Å². The van der Waals surface area contributed by atoms with E-state index < -0.39 is 29.2 Å². The summed E-state index contributed by atoms with van der Waals surface area (Å²) in [4.78, 5) is 66.6. The minimum absolute atomic E-state index is 0.0148. The fourth-order valence-electron chi connectivity index (χ4n) is 6.54. The van der Waals surface area contributed by atoms with Crippen molar-refractivity contribution in [3.63, 3.8) is 0 Å². The van der Waals surface area contributed by atoms with E-state index in [4.69, 9.17) is 19.3 Å². The summed E-state index contributed by atoms with van der Waals surface area (Å²) in [6, 6.07) is 3.79. The lowest BCUT2D eigenvalue weighted by atomic mass is 9.65. The highest BCUT2D eigenvalue weighted by atomic mass is 16.6. The van der Waals surface area contributed by atoms with E-state index in [1.807, 2.05) is 12.1 Å². The molecule has 1 aromatic heterocycles. The van der Waals surface area contributed by atoms with E-state index in [0.717, 1.165) is 30.2 Å². The zero-order valence-corrected chi connectivity index (χ0v) is 26.3. The van der Waals surface area contributed by atoms with E-state index in [2.05, 4.69) is 16.9 Å². The first-order valence-electron chi connectivity index (χ1n) is 15.4. The van der Waals surface area contributed by atoms with Crippen molar-refractivity contribution >= 4 is 29.8 Å². The maximum atomic E-state index is 13.1. The van der Waals surface area contributed by atoms with Gasteiger partial charge < -0.3 is 44.5 Å². The number of Topliss-reactive ketones (excluding diaryl/α,β-unsaturated/α-hetero) is 1. The Morgan fingerprint density at radius 2 is 2.00 bits per heavy atom. The van der Waals surface area contributed by atoms with Crippen LogP contribution >= 0.6 is 0 Å². The Balaban J connectivity index is 1.16. The average Bonchev–Trinajstić information content (AvgIpc) is 3.65. The molecule has 2 heterocycles. The molecule has 0 spiro atoms. The highest BCUT2D eigenvalue weighted by molar-refractivity contribution is 5.88. The molecule has 0 radical (unpaired) electrons. The number of hydrogen-bond acceptors (Lipinski definition) is 11. The fourth-order valence-corrected chi connectivity index (χ4v) is 6.54. The van der Waals surface area contributed by atoms with Gasteiger partial charge >= 0.3 is 24.0 Å². The van der Waals surface area contributed by atoms with E-state index in [1.54, 1.807) is 6.07 Å². The van der Waals surface area contributed by atoms with Crippen LogP contribution in [0.1, 0.15) is 48.6 Å². The number of ether oxygens (including phenoxy) is 3. The largest absolute Gasteiger partial charge is 0.481 e. The molecule has 16 heteroatoms. The summed E-state index contributed by atoms with van der Waals surface area (Å²) in [5.74, 6) is -0.463. The normalized spacial score (nSPS) is 20.5. The van der Waals surface area contributed by atoms with Crippen molar-refractivity contribution in [1.29, 1.82) is 0 Å². The number of imidazole rings is 1. The molecule has 1 saturated carbocycles. The molecule has 1 unspecified atom stereocenters. The summed E-state index contributed by atoms with van der Waals surface area (Å²) in [7, 11) is 2.98. The van der Waals surface area contributed by atoms with Crippen LogP contribution in [0.2, 0.25) is 0 Å². The Kier molecular flexibility index (Phi) is 10.1. The molecule has 4 atom stereocenters. The Bertz CT molecular complexity index is 1570. The fraction of sp³-hybridized carbons (Fsp3) is 0.516. The predicted octanol–water partition coefficient (Wildman–Crippen LogP) is 2.88. The van der Waals surface area contributed by atoms with Crippen LogP contribution in [-0.4, -0.2) is 99.2 Å². The molecule has 3 aliphatic rings. The van der Waals surface area contributed by atoms with E-state index in [-0.39, 0.29) is 80.1 Å². The summed E-state index contributed by atoms with van der Waals surface area (Å²) < 4.78 is 18.4. The Hall–Kier alpha value is -4.99. The zero-order valence-electron chi connectivity index (χ0n) is 26.3. The van der Waals surface area contributed by atoms with Gasteiger partial charge in [0, 0.05) is 64.1 Å². The molecule has 1 fully saturated rings. The number of rotatable bonds is 14. The number of ketones is 1. The van der Waals surface area contributed by atoms with E-state index in [0.29, 0.717) is 18.7 Å². The standard InChI is InChI=1S/C31H38N6O10/c1-4-11-32-20-15-18-7-10-22(29-26(18)27-19(20)8-9-21(38)28(27)47-29)46-31(42)35(3)14-13-34(2)30(41)45-17-23-33-16-24(37(43)44)36(23)12-5-6-25(39)40/h4,7,10,16,19-20,27-28,32H,1,5-6,8-9,11-15,17H2,2-3H3,(H,39,40)/t19-,20+,27?,28-/m0/s1. The van der Waals surface area contributed by atoms with Gasteiger partial charge in [-0.3, -0.25) is 9.59 Å². The second kappa shape index (κ2) is 14.2. The molecule has 2 N–H and O–H groups in total. The van der Waals surface area contributed by atoms with Gasteiger partial charge in [-0.1, -0.05) is 12.1 Å². The number of aromatic nitrogens is 2. The van der Waals surface area contributed by atoms with E-state index in [1.165, 1.54) is 28.5 Å². The monoisotopic (exact) mass is 654 g/mol. The van der Waals surface area contributed by atoms with E-state index >= 15 is 0 Å². The van der Waals surface area contributed by atoms with Crippen LogP contribution in [0.5, 0.6) is 11.5 Å². The highest BCUT2D eigenvalue weighted by Gasteiger charge is 2.53. The molecular formula is C31H38N6O10. The van der Waals surface area contributed by atoms with Crippen LogP contribution in [0.3, 0.4) is 0 Å². The number of likely N-dealkylation sites (N-methyl/N-ethyl adjacent to an activating group) is 2. The topological polar surface area (TPSA) is 196 Å². The quantitative estimate of drug-likeness (QED) is 0.172. The van der Waals surface area contributed by atoms with Crippen molar-refractivity contribution in [3.8, 4) is 11.5 Å². The molecular weight excluding hydrogens is 616 g/mol. The summed E-state index contributed by atoms with van der Waals surface area (Å²) in [5.41, 5.74) is 2.00. The SMILES string of the molecule is C=CCN[C@@H]1Cc2ccc(OC(=O)N(C)CCN(C)C(=O)OCc3ncc([N+](=O)[O-])n3CCCC(=O)O)c3c2C2[C@H]1CCC(=O)[C@@H]2O3. The third-order valence-electron chi connectivity index (χ3n) is 8.93. The minimum Gasteiger partial charge on any atom is -0.481 e. The molecule has 2 aliphatic carbocycles. The van der Waals surface area contributed by atoms with Gasteiger partial charge in [0.25, 0.3) is 0 Å². The number of aliphatic carboxylic acids is 1. The Morgan fingerprint density at radius 3 is 2.70 bits per heavy atom. The zero-order chi connectivity index (χ0) is 33.8. The van der Waals surface area contributed by atoms with Gasteiger partial charge in [-0.05, 0) is 41.7 Å². The average molecular weight is 655 g/mol. The lowest BCUT2D eigenvalue weighted by molar-refractivity contribution is -0.392. The smallest absolute Gasteiger partial charge is 0.415 e. The molecule has 16 nitrogen and oxygen atoms in total. The molecule has 1 aliphatic heterocycles. The number of hydrogen-bond donors (Lipinski definition) is 2. The maximum absolute atomic E-state index is 13.1. The maximum Gasteiger partial charge on any atom is 0.415 e. The van der Waals surface area contributed by atoms with Gasteiger partial charge in [0.1, 0.15) is 6.20 Å². The third-order valence-corrected chi connectivity index (χ3v) is 8.93. The van der Waals surface area contributed by atoms with Gasteiger partial charge in [-0.15, -0.1) is 6.58 Å². The van der Waals surface area contributed by atoms with Crippen molar-refractivity contribution in [3.05, 3.63) is 58.1 Å². The first-order valence-corrected chi connectivity index (χ1v) is 15.4. The molecule has 0 saturated heterocycles. The van der Waals surface area contributed by atoms with Crippen LogP contribution in [-0.2, 0) is 33.9 Å². The number of nitrogens with zero attached hydrogens (tertiary/aromatic N) is 5. The van der Waals surface area contributed by atoms with E-state index in [9.17, 15) is 29.3 Å². The van der Waals surface area contributed by atoms with Crippen molar-refractivity contribution < 1.29 is 43.4 Å². The molecule has 1 aromatic carbocycles. The lowest BCUT2D eigenvalue weighted by Crippen LogP contribution is -2.50. The summed E-state index contributed by atoms with van der Waals surface area (Å²) in [6.07, 6.45) is 2.70. The first-order chi connectivity index (χ1) is 22.5. The summed E-state index contributed by atoms with van der Waals surface area (Å²) >= 11 is 0. The summed E-state index contributed by atoms with van der Waals surface area (Å²) in [5, 5.41) is 23.8. The number of carboxylic acid groups (broad SMARTS) is 1. The second-order valence-corrected chi connectivity index (χ2v) is 11.9. The van der Waals surface area contributed by atoms with Crippen molar-refractivity contribution in [2.75, 3.05) is 33.7 Å². The van der Waals surface area contributed by atoms with Gasteiger partial charge in [0.15, 0.2) is 30.0 Å². The molecule has 2 aromatic rings. The van der Waals surface area contributed by atoms with Crippen LogP contribution in [0.25, 0.3) is 0 Å². The van der Waals surface area contributed by atoms with Gasteiger partial charge in [-0.25, -0.2) is 19.1 Å².